The molecule has 0 saturated heterocycles. The lowest BCUT2D eigenvalue weighted by Crippen LogP contribution is -2.51. The van der Waals surface area contributed by atoms with E-state index in [1.54, 1.807) is 0 Å². The number of rotatable bonds is 3. The molecule has 0 bridgehead atoms. The van der Waals surface area contributed by atoms with Gasteiger partial charge in [-0.25, -0.2) is 0 Å². The molecule has 0 unspecified atom stereocenters. The Morgan fingerprint density at radius 3 is 2.67 bits per heavy atom. The van der Waals surface area contributed by atoms with Crippen LogP contribution in [0.1, 0.15) is 72.1 Å². The van der Waals surface area contributed by atoms with Crippen LogP contribution in [-0.2, 0) is 14.3 Å². The van der Waals surface area contributed by atoms with Gasteiger partial charge in [-0.15, -0.1) is 0 Å². The Kier molecular flexibility index (Phi) is 4.77. The van der Waals surface area contributed by atoms with Gasteiger partial charge in [0, 0.05) is 12.8 Å². The number of carbonyl (C=O) groups is 2. The average Bonchev–Trinajstić information content (AvgIpc) is 2.97. The van der Waals surface area contributed by atoms with Crippen molar-refractivity contribution in [3.05, 3.63) is 11.6 Å². The van der Waals surface area contributed by atoms with E-state index < -0.39 is 0 Å². The second-order valence-corrected chi connectivity index (χ2v) is 10.1. The smallest absolute Gasteiger partial charge is 0.303 e. The van der Waals surface area contributed by atoms with Crippen LogP contribution in [0.15, 0.2) is 11.6 Å². The van der Waals surface area contributed by atoms with Gasteiger partial charge >= 0.3 is 5.97 Å². The molecule has 0 radical (unpaired) electrons. The molecule has 0 aromatic heterocycles. The third-order valence-corrected chi connectivity index (χ3v) is 8.88. The number of hydrogen-bond acceptors (Lipinski definition) is 4. The molecular weight excluding hydrogens is 340 g/mol. The summed E-state index contributed by atoms with van der Waals surface area (Å²) in [6.45, 7) is 6.06. The number of fused-ring (bicyclic) bond motifs is 5. The van der Waals surface area contributed by atoms with Gasteiger partial charge in [-0.1, -0.05) is 25.5 Å². The van der Waals surface area contributed by atoms with Crippen LogP contribution in [0.25, 0.3) is 0 Å². The van der Waals surface area contributed by atoms with E-state index in [0.29, 0.717) is 17.8 Å². The highest BCUT2D eigenvalue weighted by molar-refractivity contribution is 5.85. The van der Waals surface area contributed by atoms with E-state index >= 15 is 0 Å². The lowest BCUT2D eigenvalue weighted by atomic mass is 9.47. The lowest BCUT2D eigenvalue weighted by Gasteiger charge is -2.57. The van der Waals surface area contributed by atoms with E-state index in [1.807, 2.05) is 0 Å². The van der Waals surface area contributed by atoms with Crippen molar-refractivity contribution in [2.24, 2.45) is 34.5 Å². The molecule has 0 spiro atoms. The van der Waals surface area contributed by atoms with E-state index in [1.165, 1.54) is 18.9 Å². The molecule has 27 heavy (non-hydrogen) atoms. The third-order valence-electron chi connectivity index (χ3n) is 8.88. The summed E-state index contributed by atoms with van der Waals surface area (Å²) < 4.78 is 5.02. The molecule has 1 N–H and O–H groups in total. The number of ether oxygens (including phenoxy) is 1. The van der Waals surface area contributed by atoms with Crippen LogP contribution < -0.4 is 0 Å². The quantitative estimate of drug-likeness (QED) is 0.598. The molecule has 0 amide bonds. The van der Waals surface area contributed by atoms with E-state index in [0.717, 1.165) is 44.9 Å². The zero-order valence-electron chi connectivity index (χ0n) is 17.0. The molecule has 4 aliphatic rings. The third kappa shape index (κ3) is 2.99. The number of ketones is 1. The maximum atomic E-state index is 12.8. The van der Waals surface area contributed by atoms with Crippen LogP contribution in [0.5, 0.6) is 0 Å². The van der Waals surface area contributed by atoms with E-state index in [9.17, 15) is 14.7 Å². The van der Waals surface area contributed by atoms with Crippen LogP contribution in [0.3, 0.4) is 0 Å². The van der Waals surface area contributed by atoms with E-state index in [-0.39, 0.29) is 41.2 Å². The Labute approximate surface area is 162 Å². The molecule has 3 fully saturated rings. The molecule has 0 aromatic carbocycles. The van der Waals surface area contributed by atoms with Gasteiger partial charge in [-0.3, -0.25) is 9.59 Å². The fourth-order valence-electron chi connectivity index (χ4n) is 7.44. The molecule has 0 aliphatic heterocycles. The first-order chi connectivity index (χ1) is 12.8. The van der Waals surface area contributed by atoms with Gasteiger partial charge in [-0.05, 0) is 80.0 Å². The molecular formula is C23H34O4. The van der Waals surface area contributed by atoms with Crippen molar-refractivity contribution in [1.82, 2.24) is 0 Å². The Morgan fingerprint density at radius 2 is 1.93 bits per heavy atom. The fraction of sp³-hybridized carbons (Fsp3) is 0.826. The second-order valence-electron chi connectivity index (χ2n) is 10.1. The first kappa shape index (κ1) is 19.2. The fourth-order valence-corrected chi connectivity index (χ4v) is 7.44. The van der Waals surface area contributed by atoms with Crippen molar-refractivity contribution < 1.29 is 19.4 Å². The van der Waals surface area contributed by atoms with Gasteiger partial charge in [0.05, 0.1) is 6.10 Å². The first-order valence-corrected chi connectivity index (χ1v) is 10.8. The summed E-state index contributed by atoms with van der Waals surface area (Å²) in [5, 5.41) is 10.1. The summed E-state index contributed by atoms with van der Waals surface area (Å²) in [5.74, 6) is 1.71. The predicted molar refractivity (Wildman–Crippen MR) is 103 cm³/mol. The summed E-state index contributed by atoms with van der Waals surface area (Å²) in [4.78, 5) is 23.9. The average molecular weight is 375 g/mol. The monoisotopic (exact) mass is 374 g/mol. The molecule has 7 atom stereocenters. The molecule has 4 rings (SSSR count). The van der Waals surface area contributed by atoms with Gasteiger partial charge in [0.15, 0.2) is 5.78 Å². The maximum absolute atomic E-state index is 12.8. The molecule has 0 heterocycles. The van der Waals surface area contributed by atoms with Crippen molar-refractivity contribution in [3.63, 3.8) is 0 Å². The molecule has 4 heteroatoms. The Balaban J connectivity index is 1.55. The van der Waals surface area contributed by atoms with Gasteiger partial charge in [-0.2, -0.15) is 0 Å². The summed E-state index contributed by atoms with van der Waals surface area (Å²) in [7, 11) is 0. The molecule has 3 saturated carbocycles. The number of Topliss-reactive ketones (excluding diaryl/α,β-unsaturated/α-hetero) is 1. The van der Waals surface area contributed by atoms with Crippen LogP contribution in [0, 0.1) is 34.5 Å². The number of hydrogen-bond donors (Lipinski definition) is 1. The summed E-state index contributed by atoms with van der Waals surface area (Å²) >= 11 is 0. The number of allylic oxidation sites excluding steroid dienone is 1. The minimum Gasteiger partial charge on any atom is -0.458 e. The van der Waals surface area contributed by atoms with Crippen LogP contribution in [0.4, 0.5) is 0 Å². The van der Waals surface area contributed by atoms with Crippen LogP contribution >= 0.6 is 0 Å². The van der Waals surface area contributed by atoms with Gasteiger partial charge < -0.3 is 9.84 Å². The predicted octanol–water partition coefficient (Wildman–Crippen LogP) is 4.06. The largest absolute Gasteiger partial charge is 0.458 e. The minimum absolute atomic E-state index is 0.0363. The standard InChI is InChI=1S/C23H34O4/c1-14(24)27-13-21(26)20-7-6-18-17-5-4-15-12-16(25)8-10-22(15,2)19(17)9-11-23(18,20)3/h4,16-20,25H,5-13H2,1-3H3/t16-,17+,18+,19+,20-,22+,23+/m0/s1. The van der Waals surface area contributed by atoms with Crippen LogP contribution in [0.2, 0.25) is 0 Å². The number of esters is 1. The topological polar surface area (TPSA) is 63.6 Å². The Bertz CT molecular complexity index is 667. The first-order valence-electron chi connectivity index (χ1n) is 10.8. The van der Waals surface area contributed by atoms with Crippen molar-refractivity contribution in [2.75, 3.05) is 6.61 Å². The van der Waals surface area contributed by atoms with Crippen molar-refractivity contribution in [1.29, 1.82) is 0 Å². The van der Waals surface area contributed by atoms with Crippen molar-refractivity contribution in [2.45, 2.75) is 78.2 Å². The SMILES string of the molecule is CC(=O)OCC(=O)[C@@H]1CC[C@@H]2[C@H]3CC=C4C[C@@H](O)CC[C@@]4(C)[C@@H]3CC[C@]21C. The van der Waals surface area contributed by atoms with E-state index in [4.69, 9.17) is 4.74 Å². The van der Waals surface area contributed by atoms with Gasteiger partial charge in [0.25, 0.3) is 0 Å². The highest BCUT2D eigenvalue weighted by Gasteiger charge is 2.59. The molecule has 4 nitrogen and oxygen atoms in total. The zero-order valence-corrected chi connectivity index (χ0v) is 17.0. The maximum Gasteiger partial charge on any atom is 0.303 e. The number of aliphatic hydroxyl groups excluding tert-OH is 1. The normalized spacial score (nSPS) is 45.9. The Hall–Kier alpha value is -1.16. The summed E-state index contributed by atoms with van der Waals surface area (Å²) in [6, 6.07) is 0. The second kappa shape index (κ2) is 6.72. The minimum atomic E-state index is -0.371. The summed E-state index contributed by atoms with van der Waals surface area (Å²) in [5.41, 5.74) is 1.78. The van der Waals surface area contributed by atoms with Crippen LogP contribution in [-0.4, -0.2) is 29.6 Å². The molecule has 0 aromatic rings. The molecule has 150 valence electrons. The number of aliphatic hydroxyl groups is 1. The van der Waals surface area contributed by atoms with Gasteiger partial charge in [0.1, 0.15) is 6.61 Å². The number of carbonyl (C=O) groups excluding carboxylic acids is 2. The van der Waals surface area contributed by atoms with E-state index in [2.05, 4.69) is 19.9 Å². The Morgan fingerprint density at radius 1 is 1.15 bits per heavy atom. The van der Waals surface area contributed by atoms with Gasteiger partial charge in [0.2, 0.25) is 0 Å². The van der Waals surface area contributed by atoms with Crippen molar-refractivity contribution >= 4 is 11.8 Å². The zero-order chi connectivity index (χ0) is 19.4. The molecule has 4 aliphatic carbocycles. The highest BCUT2D eigenvalue weighted by Crippen LogP contribution is 2.66. The van der Waals surface area contributed by atoms with Crippen molar-refractivity contribution in [3.8, 4) is 0 Å². The lowest BCUT2D eigenvalue weighted by molar-refractivity contribution is -0.149. The highest BCUT2D eigenvalue weighted by atomic mass is 16.5. The summed E-state index contributed by atoms with van der Waals surface area (Å²) in [6.07, 6.45) is 10.6.